The minimum absolute atomic E-state index is 0.237. The van der Waals surface area contributed by atoms with Crippen LogP contribution < -0.4 is 11.2 Å². The molecule has 7 nitrogen and oxygen atoms in total. The molecule has 0 aliphatic carbocycles. The fourth-order valence-electron chi connectivity index (χ4n) is 2.42. The molecule has 0 fully saturated rings. The minimum atomic E-state index is -0.388. The Morgan fingerprint density at radius 3 is 2.67 bits per heavy atom. The zero-order chi connectivity index (χ0) is 15.3. The van der Waals surface area contributed by atoms with E-state index >= 15 is 0 Å². The van der Waals surface area contributed by atoms with Gasteiger partial charge >= 0.3 is 11.5 Å². The van der Waals surface area contributed by atoms with Gasteiger partial charge in [0.1, 0.15) is 5.76 Å². The molecule has 0 saturated carbocycles. The predicted molar refractivity (Wildman–Crippen MR) is 78.8 cm³/mol. The van der Waals surface area contributed by atoms with Crippen molar-refractivity contribution in [1.82, 2.24) is 18.5 Å². The first-order valence-electron chi connectivity index (χ1n) is 6.66. The minimum Gasteiger partial charge on any atom is -0.428 e. The monoisotopic (exact) mass is 288 g/mol. The Bertz CT molecular complexity index is 997. The molecule has 0 unspecified atom stereocenters. The molecule has 0 saturated heterocycles. The van der Waals surface area contributed by atoms with Crippen molar-refractivity contribution in [3.63, 3.8) is 0 Å². The van der Waals surface area contributed by atoms with Gasteiger partial charge in [-0.05, 0) is 20.8 Å². The van der Waals surface area contributed by atoms with Crippen LogP contribution in [0.5, 0.6) is 0 Å². The molecule has 0 N–H and O–H groups in total. The molecule has 0 amide bonds. The summed E-state index contributed by atoms with van der Waals surface area (Å²) in [6.07, 6.45) is 3.57. The van der Waals surface area contributed by atoms with Crippen molar-refractivity contribution < 1.29 is 4.42 Å². The fourth-order valence-corrected chi connectivity index (χ4v) is 2.42. The topological polar surface area (TPSA) is 74.4 Å². The van der Waals surface area contributed by atoms with Crippen molar-refractivity contribution in [2.75, 3.05) is 0 Å². The van der Waals surface area contributed by atoms with Gasteiger partial charge in [0.2, 0.25) is 0 Å². The van der Waals surface area contributed by atoms with Crippen LogP contribution in [-0.4, -0.2) is 18.5 Å². The van der Waals surface area contributed by atoms with Crippen LogP contribution in [0.15, 0.2) is 26.2 Å². The summed E-state index contributed by atoms with van der Waals surface area (Å²) in [4.78, 5) is 29.2. The molecule has 0 spiro atoms. The summed E-state index contributed by atoms with van der Waals surface area (Å²) in [5.41, 5.74) is 0.763. The molecule has 0 aliphatic heterocycles. The predicted octanol–water partition coefficient (Wildman–Crippen LogP) is 1.13. The highest BCUT2D eigenvalue weighted by Gasteiger charge is 2.20. The Labute approximate surface area is 119 Å². The van der Waals surface area contributed by atoms with Gasteiger partial charge < -0.3 is 4.42 Å². The summed E-state index contributed by atoms with van der Waals surface area (Å²) in [5, 5.41) is 0. The third kappa shape index (κ3) is 1.70. The van der Waals surface area contributed by atoms with E-state index in [4.69, 9.17) is 4.42 Å². The van der Waals surface area contributed by atoms with Crippen LogP contribution in [0.3, 0.4) is 0 Å². The molecule has 21 heavy (non-hydrogen) atoms. The zero-order valence-corrected chi connectivity index (χ0v) is 12.4. The molecule has 0 radical (unpaired) electrons. The smallest absolute Gasteiger partial charge is 0.332 e. The second-order valence-corrected chi connectivity index (χ2v) is 4.97. The van der Waals surface area contributed by atoms with Crippen molar-refractivity contribution in [2.24, 2.45) is 7.05 Å². The molecule has 3 rings (SSSR count). The lowest BCUT2D eigenvalue weighted by Gasteiger charge is -2.05. The highest BCUT2D eigenvalue weighted by atomic mass is 16.4. The van der Waals surface area contributed by atoms with Gasteiger partial charge in [-0.15, -0.1) is 0 Å². The Morgan fingerprint density at radius 2 is 2.00 bits per heavy atom. The van der Waals surface area contributed by atoms with E-state index in [2.05, 4.69) is 4.98 Å². The first kappa shape index (κ1) is 13.4. The highest BCUT2D eigenvalue weighted by molar-refractivity contribution is 5.75. The maximum atomic E-state index is 12.7. The lowest BCUT2D eigenvalue weighted by atomic mass is 10.4. The number of oxazole rings is 1. The standard InChI is InChI=1S/C14H16N4O3/c1-5-6-7-17-12(19)10-11(16(4)14(17)20)15-13-18(10)8(2)9(3)21-13/h5-6H,7H2,1-4H3. The maximum absolute atomic E-state index is 12.7. The summed E-state index contributed by atoms with van der Waals surface area (Å²) in [6.45, 7) is 5.75. The molecule has 7 heteroatoms. The van der Waals surface area contributed by atoms with E-state index in [0.717, 1.165) is 5.69 Å². The summed E-state index contributed by atoms with van der Waals surface area (Å²) in [7, 11) is 1.60. The number of allylic oxidation sites excluding steroid dienone is 2. The average Bonchev–Trinajstić information content (AvgIpc) is 2.95. The van der Waals surface area contributed by atoms with Crippen LogP contribution in [-0.2, 0) is 13.6 Å². The molecular formula is C14H16N4O3. The third-order valence-corrected chi connectivity index (χ3v) is 3.72. The van der Waals surface area contributed by atoms with Gasteiger partial charge in [-0.1, -0.05) is 12.2 Å². The van der Waals surface area contributed by atoms with E-state index < -0.39 is 0 Å². The lowest BCUT2D eigenvalue weighted by molar-refractivity contribution is 0.561. The van der Waals surface area contributed by atoms with Crippen molar-refractivity contribution >= 4 is 17.0 Å². The van der Waals surface area contributed by atoms with E-state index in [1.54, 1.807) is 23.6 Å². The Hall–Kier alpha value is -2.57. The van der Waals surface area contributed by atoms with Crippen molar-refractivity contribution in [3.05, 3.63) is 44.4 Å². The van der Waals surface area contributed by atoms with E-state index in [1.807, 2.05) is 20.8 Å². The van der Waals surface area contributed by atoms with Crippen LogP contribution >= 0.6 is 0 Å². The van der Waals surface area contributed by atoms with Crippen molar-refractivity contribution in [3.8, 4) is 0 Å². The van der Waals surface area contributed by atoms with Gasteiger partial charge in [0.15, 0.2) is 11.2 Å². The van der Waals surface area contributed by atoms with E-state index in [-0.39, 0.29) is 17.8 Å². The number of fused-ring (bicyclic) bond motifs is 3. The Morgan fingerprint density at radius 1 is 1.29 bits per heavy atom. The number of aryl methyl sites for hydroxylation is 3. The molecule has 3 aromatic heterocycles. The lowest BCUT2D eigenvalue weighted by Crippen LogP contribution is -2.39. The van der Waals surface area contributed by atoms with Crippen LogP contribution in [0.25, 0.3) is 17.0 Å². The van der Waals surface area contributed by atoms with Crippen LogP contribution in [0.4, 0.5) is 0 Å². The van der Waals surface area contributed by atoms with Gasteiger partial charge in [0.25, 0.3) is 5.56 Å². The van der Waals surface area contributed by atoms with Gasteiger partial charge in [-0.2, -0.15) is 4.98 Å². The molecule has 0 aromatic carbocycles. The van der Waals surface area contributed by atoms with Crippen molar-refractivity contribution in [1.29, 1.82) is 0 Å². The number of nitrogens with zero attached hydrogens (tertiary/aromatic N) is 4. The second kappa shape index (κ2) is 4.47. The van der Waals surface area contributed by atoms with Gasteiger partial charge in [0, 0.05) is 13.6 Å². The Balaban J connectivity index is 2.55. The van der Waals surface area contributed by atoms with E-state index in [1.165, 1.54) is 9.13 Å². The largest absolute Gasteiger partial charge is 0.428 e. The van der Waals surface area contributed by atoms with Crippen molar-refractivity contribution in [2.45, 2.75) is 27.3 Å². The molecule has 0 aliphatic rings. The van der Waals surface area contributed by atoms with Gasteiger partial charge in [0.05, 0.1) is 5.69 Å². The molecule has 110 valence electrons. The van der Waals surface area contributed by atoms with Crippen LogP contribution in [0.2, 0.25) is 0 Å². The first-order chi connectivity index (χ1) is 9.97. The summed E-state index contributed by atoms with van der Waals surface area (Å²) in [6, 6.07) is 0. The van der Waals surface area contributed by atoms with Crippen LogP contribution in [0, 0.1) is 13.8 Å². The molecule has 0 atom stereocenters. The zero-order valence-electron chi connectivity index (χ0n) is 12.4. The van der Waals surface area contributed by atoms with E-state index in [0.29, 0.717) is 22.8 Å². The number of rotatable bonds is 2. The third-order valence-electron chi connectivity index (χ3n) is 3.72. The van der Waals surface area contributed by atoms with Crippen LogP contribution in [0.1, 0.15) is 18.4 Å². The maximum Gasteiger partial charge on any atom is 0.332 e. The fraction of sp³-hybridized carbons (Fsp3) is 0.357. The number of hydrogen-bond acceptors (Lipinski definition) is 4. The Kier molecular flexibility index (Phi) is 2.86. The molecule has 0 bridgehead atoms. The SMILES string of the molecule is CC=CCn1c(=O)c2c(nc3oc(C)c(C)n32)n(C)c1=O. The quantitative estimate of drug-likeness (QED) is 0.663. The summed E-state index contributed by atoms with van der Waals surface area (Å²) < 4.78 is 9.76. The number of hydrogen-bond donors (Lipinski definition) is 0. The highest BCUT2D eigenvalue weighted by Crippen LogP contribution is 2.19. The van der Waals surface area contributed by atoms with Gasteiger partial charge in [-0.3, -0.25) is 18.3 Å². The molecule has 3 heterocycles. The van der Waals surface area contributed by atoms with Gasteiger partial charge in [-0.25, -0.2) is 4.79 Å². The second-order valence-electron chi connectivity index (χ2n) is 4.97. The number of imidazole rings is 1. The molecule has 3 aromatic rings. The number of aromatic nitrogens is 4. The summed E-state index contributed by atoms with van der Waals surface area (Å²) in [5.74, 6) is 1.03. The van der Waals surface area contributed by atoms with E-state index in [9.17, 15) is 9.59 Å². The summed E-state index contributed by atoms with van der Waals surface area (Å²) >= 11 is 0. The molecular weight excluding hydrogens is 272 g/mol. The average molecular weight is 288 g/mol. The first-order valence-corrected chi connectivity index (χ1v) is 6.66. The normalized spacial score (nSPS) is 12.2.